The van der Waals surface area contributed by atoms with Crippen molar-refractivity contribution in [1.82, 2.24) is 14.9 Å². The smallest absolute Gasteiger partial charge is 0.410 e. The fourth-order valence-electron chi connectivity index (χ4n) is 2.38. The monoisotopic (exact) mass is 375 g/mol. The van der Waals surface area contributed by atoms with Gasteiger partial charge in [-0.15, -0.1) is 0 Å². The van der Waals surface area contributed by atoms with E-state index in [0.717, 1.165) is 0 Å². The van der Waals surface area contributed by atoms with E-state index in [0.29, 0.717) is 24.9 Å². The Bertz CT molecular complexity index is 731. The summed E-state index contributed by atoms with van der Waals surface area (Å²) in [6.07, 6.45) is 1.89. The number of piperidine rings is 1. The van der Waals surface area contributed by atoms with Crippen molar-refractivity contribution in [2.45, 2.75) is 56.5 Å². The molecule has 0 aromatic carbocycles. The number of likely N-dealkylation sites (tertiary alicyclic amines) is 1. The fourth-order valence-corrected chi connectivity index (χ4v) is 4.12. The number of rotatable bonds is 2. The Morgan fingerprint density at radius 1 is 1.42 bits per heavy atom. The van der Waals surface area contributed by atoms with Gasteiger partial charge in [0.05, 0.1) is 5.25 Å². The molecule has 0 aliphatic carbocycles. The van der Waals surface area contributed by atoms with Crippen molar-refractivity contribution in [3.05, 3.63) is 16.9 Å². The van der Waals surface area contributed by atoms with Crippen LogP contribution in [-0.4, -0.2) is 53.3 Å². The van der Waals surface area contributed by atoms with Crippen molar-refractivity contribution in [3.8, 4) is 0 Å². The molecule has 1 atom stereocenters. The van der Waals surface area contributed by atoms with Gasteiger partial charge < -0.3 is 9.64 Å². The SMILES string of the molecule is Cc1cnc(S(=O)(=O)[C@H]2CCCN(C(=O)OC(C)(C)C)C2)nc1Cl. The molecular formula is C15H22ClN3O4S. The average molecular weight is 376 g/mol. The highest BCUT2D eigenvalue weighted by Crippen LogP contribution is 2.24. The molecule has 1 fully saturated rings. The second kappa shape index (κ2) is 6.84. The summed E-state index contributed by atoms with van der Waals surface area (Å²) < 4.78 is 30.8. The minimum Gasteiger partial charge on any atom is -0.444 e. The highest BCUT2D eigenvalue weighted by atomic mass is 35.5. The minimum absolute atomic E-state index is 0.0616. The predicted octanol–water partition coefficient (Wildman–Crippen LogP) is 2.61. The van der Waals surface area contributed by atoms with Crippen LogP contribution in [0.25, 0.3) is 0 Å². The molecule has 0 N–H and O–H groups in total. The second-order valence-electron chi connectivity index (χ2n) is 6.86. The topological polar surface area (TPSA) is 89.5 Å². The molecule has 0 radical (unpaired) electrons. The van der Waals surface area contributed by atoms with Crippen LogP contribution in [-0.2, 0) is 14.6 Å². The van der Waals surface area contributed by atoms with Crippen LogP contribution in [0.3, 0.4) is 0 Å². The Hall–Kier alpha value is -1.41. The minimum atomic E-state index is -3.77. The molecule has 0 saturated carbocycles. The van der Waals surface area contributed by atoms with Crippen molar-refractivity contribution >= 4 is 27.5 Å². The number of amides is 1. The van der Waals surface area contributed by atoms with Gasteiger partial charge in [-0.05, 0) is 40.5 Å². The van der Waals surface area contributed by atoms with E-state index < -0.39 is 26.8 Å². The Morgan fingerprint density at radius 2 is 2.08 bits per heavy atom. The Kier molecular flexibility index (Phi) is 5.39. The number of sulfone groups is 1. The van der Waals surface area contributed by atoms with Crippen LogP contribution >= 0.6 is 11.6 Å². The summed E-state index contributed by atoms with van der Waals surface area (Å²) in [6.45, 7) is 7.54. The van der Waals surface area contributed by atoms with Crippen molar-refractivity contribution in [3.63, 3.8) is 0 Å². The summed E-state index contributed by atoms with van der Waals surface area (Å²) in [5.41, 5.74) is -0.0223. The van der Waals surface area contributed by atoms with Gasteiger partial charge in [-0.3, -0.25) is 0 Å². The maximum Gasteiger partial charge on any atom is 0.410 e. The number of hydrogen-bond donors (Lipinski definition) is 0. The first kappa shape index (κ1) is 18.9. The number of carbonyl (C=O) groups excluding carboxylic acids is 1. The average Bonchev–Trinajstić information content (AvgIpc) is 2.48. The van der Waals surface area contributed by atoms with Crippen LogP contribution in [0.15, 0.2) is 11.4 Å². The van der Waals surface area contributed by atoms with E-state index in [1.54, 1.807) is 27.7 Å². The summed E-state index contributed by atoms with van der Waals surface area (Å²) in [7, 11) is -3.77. The Balaban J connectivity index is 2.18. The van der Waals surface area contributed by atoms with E-state index in [1.807, 2.05) is 0 Å². The molecule has 0 spiro atoms. The van der Waals surface area contributed by atoms with Crippen molar-refractivity contribution in [2.75, 3.05) is 13.1 Å². The first-order valence-corrected chi connectivity index (χ1v) is 9.64. The van der Waals surface area contributed by atoms with Crippen LogP contribution in [0.2, 0.25) is 5.15 Å². The summed E-state index contributed by atoms with van der Waals surface area (Å²) in [4.78, 5) is 21.4. The van der Waals surface area contributed by atoms with Crippen LogP contribution < -0.4 is 0 Å². The fraction of sp³-hybridized carbons (Fsp3) is 0.667. The van der Waals surface area contributed by atoms with Gasteiger partial charge in [0.15, 0.2) is 0 Å². The lowest BCUT2D eigenvalue weighted by molar-refractivity contribution is 0.0219. The molecule has 2 heterocycles. The molecule has 1 aromatic heterocycles. The van der Waals surface area contributed by atoms with Gasteiger partial charge in [0.1, 0.15) is 10.8 Å². The number of aromatic nitrogens is 2. The zero-order valence-corrected chi connectivity index (χ0v) is 15.8. The molecule has 1 aliphatic rings. The van der Waals surface area contributed by atoms with Gasteiger partial charge in [-0.2, -0.15) is 0 Å². The molecule has 134 valence electrons. The first-order chi connectivity index (χ1) is 11.0. The molecule has 0 bridgehead atoms. The third-order valence-electron chi connectivity index (χ3n) is 3.61. The number of hydrogen-bond acceptors (Lipinski definition) is 6. The molecule has 2 rings (SSSR count). The summed E-state index contributed by atoms with van der Waals surface area (Å²) >= 11 is 5.91. The predicted molar refractivity (Wildman–Crippen MR) is 89.8 cm³/mol. The zero-order chi connectivity index (χ0) is 18.1. The maximum atomic E-state index is 12.7. The zero-order valence-electron chi connectivity index (χ0n) is 14.2. The van der Waals surface area contributed by atoms with Gasteiger partial charge in [-0.1, -0.05) is 11.6 Å². The molecule has 0 unspecified atom stereocenters. The van der Waals surface area contributed by atoms with Crippen molar-refractivity contribution in [2.24, 2.45) is 0 Å². The normalized spacial score (nSPS) is 19.2. The van der Waals surface area contributed by atoms with Gasteiger partial charge in [0.25, 0.3) is 0 Å². The van der Waals surface area contributed by atoms with E-state index in [1.165, 1.54) is 11.1 Å². The van der Waals surface area contributed by atoms with E-state index in [9.17, 15) is 13.2 Å². The second-order valence-corrected chi connectivity index (χ2v) is 9.34. The number of carbonyl (C=O) groups is 1. The summed E-state index contributed by atoms with van der Waals surface area (Å²) in [6, 6.07) is 0. The molecule has 1 saturated heterocycles. The summed E-state index contributed by atoms with van der Waals surface area (Å²) in [5, 5.41) is -0.949. The molecule has 1 amide bonds. The molecule has 1 aromatic rings. The molecular weight excluding hydrogens is 354 g/mol. The molecule has 24 heavy (non-hydrogen) atoms. The van der Waals surface area contributed by atoms with Gasteiger partial charge in [0, 0.05) is 24.8 Å². The van der Waals surface area contributed by atoms with Crippen LogP contribution in [0, 0.1) is 6.92 Å². The van der Waals surface area contributed by atoms with Gasteiger partial charge in [-0.25, -0.2) is 23.2 Å². The van der Waals surface area contributed by atoms with E-state index in [4.69, 9.17) is 16.3 Å². The third kappa shape index (κ3) is 4.36. The lowest BCUT2D eigenvalue weighted by atomic mass is 10.1. The number of aryl methyl sites for hydroxylation is 1. The Morgan fingerprint density at radius 3 is 2.67 bits per heavy atom. The molecule has 1 aliphatic heterocycles. The van der Waals surface area contributed by atoms with Crippen molar-refractivity contribution in [1.29, 1.82) is 0 Å². The van der Waals surface area contributed by atoms with E-state index >= 15 is 0 Å². The highest BCUT2D eigenvalue weighted by Gasteiger charge is 2.37. The lowest BCUT2D eigenvalue weighted by Crippen LogP contribution is -2.47. The molecule has 9 heteroatoms. The third-order valence-corrected chi connectivity index (χ3v) is 5.96. The van der Waals surface area contributed by atoms with Crippen molar-refractivity contribution < 1.29 is 17.9 Å². The number of halogens is 1. The largest absolute Gasteiger partial charge is 0.444 e. The van der Waals surface area contributed by atoms with Crippen LogP contribution in [0.5, 0.6) is 0 Å². The molecule has 7 nitrogen and oxygen atoms in total. The lowest BCUT2D eigenvalue weighted by Gasteiger charge is -2.33. The van der Waals surface area contributed by atoms with E-state index in [2.05, 4.69) is 9.97 Å². The Labute approximate surface area is 147 Å². The van der Waals surface area contributed by atoms with Crippen LogP contribution in [0.4, 0.5) is 4.79 Å². The van der Waals surface area contributed by atoms with E-state index in [-0.39, 0.29) is 16.9 Å². The van der Waals surface area contributed by atoms with Crippen LogP contribution in [0.1, 0.15) is 39.2 Å². The first-order valence-electron chi connectivity index (χ1n) is 7.71. The standard InChI is InChI=1S/C15H22ClN3O4S/c1-10-8-17-13(18-12(10)16)24(21,22)11-6-5-7-19(9-11)14(20)23-15(2,3)4/h8,11H,5-7,9H2,1-4H3/t11-/m0/s1. The van der Waals surface area contributed by atoms with Gasteiger partial charge in [0.2, 0.25) is 15.0 Å². The number of nitrogens with zero attached hydrogens (tertiary/aromatic N) is 3. The van der Waals surface area contributed by atoms with Gasteiger partial charge >= 0.3 is 6.09 Å². The summed E-state index contributed by atoms with van der Waals surface area (Å²) in [5.74, 6) is 0. The highest BCUT2D eigenvalue weighted by molar-refractivity contribution is 7.91. The number of ether oxygens (including phenoxy) is 1. The quantitative estimate of drug-likeness (QED) is 0.583. The maximum absolute atomic E-state index is 12.7.